The second-order valence-corrected chi connectivity index (χ2v) is 6.52. The Morgan fingerprint density at radius 3 is 2.32 bits per heavy atom. The molecule has 0 atom stereocenters. The van der Waals surface area contributed by atoms with Crippen LogP contribution in [0.3, 0.4) is 0 Å². The number of carbonyl (C=O) groups excluding carboxylic acids is 1. The zero-order chi connectivity index (χ0) is 13.8. The van der Waals surface area contributed by atoms with Crippen LogP contribution in [0.1, 0.15) is 44.9 Å². The van der Waals surface area contributed by atoms with Gasteiger partial charge < -0.3 is 15.5 Å². The lowest BCUT2D eigenvalue weighted by atomic mass is 9.84. The van der Waals surface area contributed by atoms with E-state index in [9.17, 15) is 4.79 Å². The van der Waals surface area contributed by atoms with E-state index in [1.807, 2.05) is 11.9 Å². The van der Waals surface area contributed by atoms with Gasteiger partial charge in [0.15, 0.2) is 0 Å². The van der Waals surface area contributed by atoms with Crippen molar-refractivity contribution in [3.63, 3.8) is 0 Å². The summed E-state index contributed by atoms with van der Waals surface area (Å²) in [6.07, 6.45) is 7.42. The quantitative estimate of drug-likeness (QED) is 0.842. The molecule has 1 heterocycles. The Morgan fingerprint density at radius 2 is 1.74 bits per heavy atom. The fourth-order valence-corrected chi connectivity index (χ4v) is 3.37. The summed E-state index contributed by atoms with van der Waals surface area (Å²) in [6, 6.07) is 0.826. The van der Waals surface area contributed by atoms with Gasteiger partial charge in [-0.2, -0.15) is 0 Å². The van der Waals surface area contributed by atoms with Crippen LogP contribution in [0.25, 0.3) is 0 Å². The van der Waals surface area contributed by atoms with Gasteiger partial charge in [-0.3, -0.25) is 4.79 Å². The van der Waals surface area contributed by atoms with Crippen LogP contribution in [0.5, 0.6) is 0 Å². The summed E-state index contributed by atoms with van der Waals surface area (Å²) >= 11 is 0. The molecule has 1 aliphatic heterocycles. The Kier molecular flexibility index (Phi) is 5.22. The van der Waals surface area contributed by atoms with Gasteiger partial charge in [0, 0.05) is 25.6 Å². The SMILES string of the molecule is CN1CCC(N(C)C(=O)CC2CCC(N)CC2)CC1. The van der Waals surface area contributed by atoms with Crippen LogP contribution in [0.2, 0.25) is 0 Å². The molecule has 2 aliphatic rings. The van der Waals surface area contributed by atoms with E-state index in [1.54, 1.807) is 0 Å². The summed E-state index contributed by atoms with van der Waals surface area (Å²) in [7, 11) is 4.15. The minimum atomic E-state index is 0.343. The zero-order valence-corrected chi connectivity index (χ0v) is 12.5. The molecular formula is C15H29N3O. The molecule has 0 aromatic carbocycles. The van der Waals surface area contributed by atoms with Gasteiger partial charge in [-0.25, -0.2) is 0 Å². The van der Waals surface area contributed by atoms with Crippen LogP contribution in [0.4, 0.5) is 0 Å². The second kappa shape index (κ2) is 6.71. The van der Waals surface area contributed by atoms with Crippen molar-refractivity contribution in [3.8, 4) is 0 Å². The standard InChI is InChI=1S/C15H29N3O/c1-17-9-7-14(8-10-17)18(2)15(19)11-12-3-5-13(16)6-4-12/h12-14H,3-11,16H2,1-2H3. The average molecular weight is 267 g/mol. The number of amides is 1. The molecular weight excluding hydrogens is 238 g/mol. The predicted octanol–water partition coefficient (Wildman–Crippen LogP) is 1.45. The van der Waals surface area contributed by atoms with Crippen molar-refractivity contribution in [1.82, 2.24) is 9.80 Å². The normalized spacial score (nSPS) is 30.3. The van der Waals surface area contributed by atoms with Gasteiger partial charge in [0.05, 0.1) is 0 Å². The highest BCUT2D eigenvalue weighted by molar-refractivity contribution is 5.76. The number of carbonyl (C=O) groups is 1. The molecule has 0 aromatic heterocycles. The Morgan fingerprint density at radius 1 is 1.16 bits per heavy atom. The van der Waals surface area contributed by atoms with E-state index in [0.717, 1.165) is 58.0 Å². The third kappa shape index (κ3) is 4.18. The van der Waals surface area contributed by atoms with Gasteiger partial charge >= 0.3 is 0 Å². The largest absolute Gasteiger partial charge is 0.343 e. The molecule has 110 valence electrons. The van der Waals surface area contributed by atoms with Crippen molar-refractivity contribution < 1.29 is 4.79 Å². The minimum absolute atomic E-state index is 0.343. The van der Waals surface area contributed by atoms with Crippen LogP contribution in [-0.4, -0.2) is 55.0 Å². The maximum Gasteiger partial charge on any atom is 0.222 e. The summed E-state index contributed by atoms with van der Waals surface area (Å²) < 4.78 is 0. The molecule has 0 radical (unpaired) electrons. The van der Waals surface area contributed by atoms with E-state index >= 15 is 0 Å². The van der Waals surface area contributed by atoms with E-state index in [2.05, 4.69) is 11.9 Å². The van der Waals surface area contributed by atoms with Crippen LogP contribution in [0, 0.1) is 5.92 Å². The fourth-order valence-electron chi connectivity index (χ4n) is 3.37. The molecule has 0 unspecified atom stereocenters. The van der Waals surface area contributed by atoms with Crippen LogP contribution >= 0.6 is 0 Å². The number of piperidine rings is 1. The first-order valence-electron chi connectivity index (χ1n) is 7.76. The van der Waals surface area contributed by atoms with E-state index < -0.39 is 0 Å². The van der Waals surface area contributed by atoms with Crippen LogP contribution in [0.15, 0.2) is 0 Å². The Hall–Kier alpha value is -0.610. The van der Waals surface area contributed by atoms with Crippen molar-refractivity contribution in [2.24, 2.45) is 11.7 Å². The summed E-state index contributed by atoms with van der Waals surface area (Å²) in [5.74, 6) is 0.913. The number of nitrogens with zero attached hydrogens (tertiary/aromatic N) is 2. The molecule has 2 N–H and O–H groups in total. The zero-order valence-electron chi connectivity index (χ0n) is 12.5. The Balaban J connectivity index is 1.76. The van der Waals surface area contributed by atoms with Crippen molar-refractivity contribution in [1.29, 1.82) is 0 Å². The van der Waals surface area contributed by atoms with Crippen molar-refractivity contribution in [2.45, 2.75) is 57.0 Å². The summed E-state index contributed by atoms with van der Waals surface area (Å²) in [6.45, 7) is 2.22. The maximum absolute atomic E-state index is 12.4. The third-order valence-corrected chi connectivity index (χ3v) is 4.98. The molecule has 1 amide bonds. The van der Waals surface area contributed by atoms with E-state index in [0.29, 0.717) is 23.9 Å². The molecule has 4 nitrogen and oxygen atoms in total. The first-order valence-corrected chi connectivity index (χ1v) is 7.76. The lowest BCUT2D eigenvalue weighted by molar-refractivity contribution is -0.134. The molecule has 0 spiro atoms. The van der Waals surface area contributed by atoms with E-state index in [1.165, 1.54) is 0 Å². The van der Waals surface area contributed by atoms with Gasteiger partial charge in [-0.1, -0.05) is 0 Å². The fraction of sp³-hybridized carbons (Fsp3) is 0.933. The van der Waals surface area contributed by atoms with Gasteiger partial charge in [0.1, 0.15) is 0 Å². The van der Waals surface area contributed by atoms with Gasteiger partial charge in [0.2, 0.25) is 5.91 Å². The monoisotopic (exact) mass is 267 g/mol. The number of nitrogens with two attached hydrogens (primary N) is 1. The van der Waals surface area contributed by atoms with Crippen LogP contribution < -0.4 is 5.73 Å². The molecule has 19 heavy (non-hydrogen) atoms. The molecule has 1 saturated carbocycles. The Bertz CT molecular complexity index is 292. The lowest BCUT2D eigenvalue weighted by Crippen LogP contribution is -2.45. The van der Waals surface area contributed by atoms with Crippen molar-refractivity contribution >= 4 is 5.91 Å². The highest BCUT2D eigenvalue weighted by Gasteiger charge is 2.27. The number of likely N-dealkylation sites (tertiary alicyclic amines) is 1. The molecule has 1 aliphatic carbocycles. The average Bonchev–Trinajstić information content (AvgIpc) is 2.41. The topological polar surface area (TPSA) is 49.6 Å². The van der Waals surface area contributed by atoms with E-state index in [-0.39, 0.29) is 0 Å². The Labute approximate surface area is 117 Å². The maximum atomic E-state index is 12.4. The molecule has 2 rings (SSSR count). The smallest absolute Gasteiger partial charge is 0.222 e. The molecule has 0 aromatic rings. The molecule has 1 saturated heterocycles. The number of hydrogen-bond donors (Lipinski definition) is 1. The molecule has 4 heteroatoms. The van der Waals surface area contributed by atoms with Gasteiger partial charge in [-0.05, 0) is 64.6 Å². The second-order valence-electron chi connectivity index (χ2n) is 6.52. The predicted molar refractivity (Wildman–Crippen MR) is 77.8 cm³/mol. The minimum Gasteiger partial charge on any atom is -0.343 e. The molecule has 2 fully saturated rings. The van der Waals surface area contributed by atoms with Crippen LogP contribution in [-0.2, 0) is 4.79 Å². The van der Waals surface area contributed by atoms with Crippen molar-refractivity contribution in [2.75, 3.05) is 27.2 Å². The van der Waals surface area contributed by atoms with Gasteiger partial charge in [0.25, 0.3) is 0 Å². The summed E-state index contributed by atoms with van der Waals surface area (Å²) in [4.78, 5) is 16.7. The number of rotatable bonds is 3. The third-order valence-electron chi connectivity index (χ3n) is 4.98. The number of hydrogen-bond acceptors (Lipinski definition) is 3. The summed E-state index contributed by atoms with van der Waals surface area (Å²) in [5.41, 5.74) is 5.92. The summed E-state index contributed by atoms with van der Waals surface area (Å²) in [5, 5.41) is 0. The van der Waals surface area contributed by atoms with Crippen molar-refractivity contribution in [3.05, 3.63) is 0 Å². The van der Waals surface area contributed by atoms with Gasteiger partial charge in [-0.15, -0.1) is 0 Å². The lowest BCUT2D eigenvalue weighted by Gasteiger charge is -2.36. The highest BCUT2D eigenvalue weighted by atomic mass is 16.2. The highest BCUT2D eigenvalue weighted by Crippen LogP contribution is 2.27. The van der Waals surface area contributed by atoms with E-state index in [4.69, 9.17) is 5.73 Å². The first-order chi connectivity index (χ1) is 9.06. The molecule has 0 bridgehead atoms. The first kappa shape index (κ1) is 14.8.